The van der Waals surface area contributed by atoms with Crippen LogP contribution in [0, 0.1) is 0 Å². The Labute approximate surface area is 108 Å². The second kappa shape index (κ2) is 4.66. The number of aromatic nitrogens is 3. The maximum Gasteiger partial charge on any atom is 0.180 e. The molecule has 0 fully saturated rings. The van der Waals surface area contributed by atoms with Crippen LogP contribution < -0.4 is 11.1 Å². The summed E-state index contributed by atoms with van der Waals surface area (Å²) in [6.07, 6.45) is 6.32. The molecule has 0 radical (unpaired) electrons. The molecule has 18 heavy (non-hydrogen) atoms. The zero-order valence-electron chi connectivity index (χ0n) is 9.71. The molecular weight excluding hydrogens is 246 g/mol. The van der Waals surface area contributed by atoms with Gasteiger partial charge < -0.3 is 15.5 Å². The van der Waals surface area contributed by atoms with Crippen LogP contribution in [0.4, 0.5) is 11.6 Å². The number of anilines is 2. The first-order chi connectivity index (χ1) is 8.83. The number of fused-ring (bicyclic) bond motifs is 1. The third-order valence-electron chi connectivity index (χ3n) is 2.68. The lowest BCUT2D eigenvalue weighted by atomic mass is 10.2. The monoisotopic (exact) mass is 259 g/mol. The van der Waals surface area contributed by atoms with Gasteiger partial charge in [-0.1, -0.05) is 0 Å². The fraction of sp³-hybridized carbons (Fsp3) is 0.167. The first kappa shape index (κ1) is 11.0. The van der Waals surface area contributed by atoms with E-state index in [2.05, 4.69) is 32.1 Å². The molecule has 0 atom stereocenters. The normalized spacial score (nSPS) is 10.9. The Morgan fingerprint density at radius 2 is 2.39 bits per heavy atom. The minimum Gasteiger partial charge on any atom is -0.382 e. The first-order valence-electron chi connectivity index (χ1n) is 5.67. The zero-order chi connectivity index (χ0) is 12.4. The Bertz CT molecular complexity index is 644. The fourth-order valence-corrected chi connectivity index (χ4v) is 2.53. The first-order valence-corrected chi connectivity index (χ1v) is 6.61. The van der Waals surface area contributed by atoms with Crippen LogP contribution in [0.5, 0.6) is 0 Å². The van der Waals surface area contributed by atoms with Gasteiger partial charge in [0, 0.05) is 18.9 Å². The van der Waals surface area contributed by atoms with Crippen molar-refractivity contribution < 1.29 is 0 Å². The van der Waals surface area contributed by atoms with Crippen molar-refractivity contribution in [2.45, 2.75) is 6.42 Å². The van der Waals surface area contributed by atoms with Gasteiger partial charge in [-0.05, 0) is 28.8 Å². The van der Waals surface area contributed by atoms with Gasteiger partial charge in [-0.25, -0.2) is 9.97 Å². The SMILES string of the molecule is Nc1cn2ccnc2c(NCCc2ccsc2)n1. The Hall–Kier alpha value is -2.08. The molecule has 3 N–H and O–H groups in total. The van der Waals surface area contributed by atoms with E-state index in [0.29, 0.717) is 5.82 Å². The third kappa shape index (κ3) is 2.14. The smallest absolute Gasteiger partial charge is 0.180 e. The molecule has 6 heteroatoms. The molecule has 0 bridgehead atoms. The fourth-order valence-electron chi connectivity index (χ4n) is 1.83. The molecular formula is C12H13N5S. The van der Waals surface area contributed by atoms with Gasteiger partial charge in [-0.2, -0.15) is 11.3 Å². The van der Waals surface area contributed by atoms with Gasteiger partial charge in [0.25, 0.3) is 0 Å². The second-order valence-corrected chi connectivity index (χ2v) is 4.76. The maximum absolute atomic E-state index is 5.75. The molecule has 0 spiro atoms. The van der Waals surface area contributed by atoms with Gasteiger partial charge in [0.1, 0.15) is 5.82 Å². The number of thiophene rings is 1. The van der Waals surface area contributed by atoms with Crippen molar-refractivity contribution in [3.8, 4) is 0 Å². The average Bonchev–Trinajstić information content (AvgIpc) is 2.98. The van der Waals surface area contributed by atoms with Crippen LogP contribution in [-0.4, -0.2) is 20.9 Å². The Kier molecular flexibility index (Phi) is 2.85. The quantitative estimate of drug-likeness (QED) is 0.752. The molecule has 0 amide bonds. The number of nitrogen functional groups attached to an aromatic ring is 1. The molecule has 0 aliphatic carbocycles. The molecule has 3 aromatic rings. The largest absolute Gasteiger partial charge is 0.382 e. The van der Waals surface area contributed by atoms with E-state index in [-0.39, 0.29) is 0 Å². The van der Waals surface area contributed by atoms with Gasteiger partial charge in [-0.15, -0.1) is 0 Å². The molecule has 3 aromatic heterocycles. The number of nitrogens with one attached hydrogen (secondary N) is 1. The Balaban J connectivity index is 1.75. The minimum atomic E-state index is 0.485. The number of hydrogen-bond donors (Lipinski definition) is 2. The van der Waals surface area contributed by atoms with E-state index in [0.717, 1.165) is 24.4 Å². The highest BCUT2D eigenvalue weighted by Gasteiger charge is 2.05. The number of rotatable bonds is 4. The number of nitrogens with two attached hydrogens (primary N) is 1. The number of imidazole rings is 1. The van der Waals surface area contributed by atoms with E-state index in [1.165, 1.54) is 5.56 Å². The number of hydrogen-bond acceptors (Lipinski definition) is 5. The summed E-state index contributed by atoms with van der Waals surface area (Å²) in [6.45, 7) is 0.815. The summed E-state index contributed by atoms with van der Waals surface area (Å²) in [4.78, 5) is 8.54. The molecule has 0 unspecified atom stereocenters. The highest BCUT2D eigenvalue weighted by Crippen LogP contribution is 2.14. The van der Waals surface area contributed by atoms with E-state index in [1.54, 1.807) is 23.7 Å². The van der Waals surface area contributed by atoms with Crippen molar-refractivity contribution in [2.24, 2.45) is 0 Å². The van der Waals surface area contributed by atoms with Gasteiger partial charge in [0.15, 0.2) is 11.5 Å². The van der Waals surface area contributed by atoms with Gasteiger partial charge in [0.05, 0.1) is 6.20 Å². The van der Waals surface area contributed by atoms with Gasteiger partial charge >= 0.3 is 0 Å². The summed E-state index contributed by atoms with van der Waals surface area (Å²) in [7, 11) is 0. The summed E-state index contributed by atoms with van der Waals surface area (Å²) >= 11 is 1.71. The predicted octanol–water partition coefficient (Wildman–Crippen LogP) is 2.03. The van der Waals surface area contributed by atoms with E-state index >= 15 is 0 Å². The summed E-state index contributed by atoms with van der Waals surface area (Å²) in [6, 6.07) is 2.13. The maximum atomic E-state index is 5.75. The molecule has 3 heterocycles. The van der Waals surface area contributed by atoms with Crippen molar-refractivity contribution in [1.82, 2.24) is 14.4 Å². The molecule has 0 aliphatic heterocycles. The van der Waals surface area contributed by atoms with Crippen LogP contribution in [0.3, 0.4) is 0 Å². The Morgan fingerprint density at radius 3 is 3.22 bits per heavy atom. The van der Waals surface area contributed by atoms with Crippen LogP contribution in [0.15, 0.2) is 35.4 Å². The molecule has 3 rings (SSSR count). The summed E-state index contributed by atoms with van der Waals surface area (Å²) in [5.74, 6) is 1.22. The van der Waals surface area contributed by atoms with E-state index in [4.69, 9.17) is 5.73 Å². The van der Waals surface area contributed by atoms with Crippen LogP contribution in [-0.2, 0) is 6.42 Å². The second-order valence-electron chi connectivity index (χ2n) is 3.98. The molecule has 5 nitrogen and oxygen atoms in total. The minimum absolute atomic E-state index is 0.485. The lowest BCUT2D eigenvalue weighted by Gasteiger charge is -2.07. The highest BCUT2D eigenvalue weighted by atomic mass is 32.1. The topological polar surface area (TPSA) is 68.2 Å². The van der Waals surface area contributed by atoms with Crippen molar-refractivity contribution in [3.05, 3.63) is 41.0 Å². The van der Waals surface area contributed by atoms with Crippen molar-refractivity contribution in [1.29, 1.82) is 0 Å². The molecule has 0 aliphatic rings. The molecule has 0 saturated carbocycles. The summed E-state index contributed by atoms with van der Waals surface area (Å²) in [5.41, 5.74) is 7.88. The lowest BCUT2D eigenvalue weighted by molar-refractivity contribution is 1.01. The van der Waals surface area contributed by atoms with Crippen molar-refractivity contribution in [2.75, 3.05) is 17.6 Å². The predicted molar refractivity (Wildman–Crippen MR) is 73.9 cm³/mol. The van der Waals surface area contributed by atoms with Crippen LogP contribution >= 0.6 is 11.3 Å². The summed E-state index contributed by atoms with van der Waals surface area (Å²) < 4.78 is 1.87. The zero-order valence-corrected chi connectivity index (χ0v) is 10.5. The van der Waals surface area contributed by atoms with Crippen molar-refractivity contribution >= 4 is 28.6 Å². The van der Waals surface area contributed by atoms with Crippen LogP contribution in [0.25, 0.3) is 5.65 Å². The van der Waals surface area contributed by atoms with E-state index in [9.17, 15) is 0 Å². The van der Waals surface area contributed by atoms with E-state index in [1.807, 2.05) is 10.6 Å². The van der Waals surface area contributed by atoms with Gasteiger partial charge in [-0.3, -0.25) is 0 Å². The van der Waals surface area contributed by atoms with Crippen LogP contribution in [0.1, 0.15) is 5.56 Å². The highest BCUT2D eigenvalue weighted by molar-refractivity contribution is 7.07. The van der Waals surface area contributed by atoms with Gasteiger partial charge in [0.2, 0.25) is 0 Å². The molecule has 0 aromatic carbocycles. The van der Waals surface area contributed by atoms with Crippen molar-refractivity contribution in [3.63, 3.8) is 0 Å². The average molecular weight is 259 g/mol. The Morgan fingerprint density at radius 1 is 1.44 bits per heavy atom. The van der Waals surface area contributed by atoms with Crippen LogP contribution in [0.2, 0.25) is 0 Å². The molecule has 0 saturated heterocycles. The lowest BCUT2D eigenvalue weighted by Crippen LogP contribution is -2.09. The summed E-state index contributed by atoms with van der Waals surface area (Å²) in [5, 5.41) is 7.52. The van der Waals surface area contributed by atoms with E-state index < -0.39 is 0 Å². The number of nitrogens with zero attached hydrogens (tertiary/aromatic N) is 3. The standard InChI is InChI=1S/C12H13N5S/c13-10-7-17-5-4-15-12(17)11(16-10)14-3-1-9-2-6-18-8-9/h2,4-8H,1,3,13H2,(H,14,16). The molecule has 92 valence electrons. The third-order valence-corrected chi connectivity index (χ3v) is 3.41.